The minimum atomic E-state index is -2.43. The molecule has 0 unspecified atom stereocenters. The summed E-state index contributed by atoms with van der Waals surface area (Å²) in [5, 5.41) is 0. The van der Waals surface area contributed by atoms with Crippen LogP contribution in [0.5, 0.6) is 0 Å². The molecule has 0 fully saturated rings. The van der Waals surface area contributed by atoms with Crippen molar-refractivity contribution in [2.45, 2.75) is 13.3 Å². The molecule has 52 valence electrons. The predicted molar refractivity (Wildman–Crippen MR) is 33.8 cm³/mol. The Labute approximate surface area is 58.5 Å². The van der Waals surface area contributed by atoms with Gasteiger partial charge in [-0.3, -0.25) is 0 Å². The maximum atomic E-state index is 11.8. The highest BCUT2D eigenvalue weighted by molar-refractivity contribution is 5.14. The van der Waals surface area contributed by atoms with E-state index in [4.69, 9.17) is 0 Å². The van der Waals surface area contributed by atoms with Gasteiger partial charge in [-0.15, -0.1) is 0 Å². The van der Waals surface area contributed by atoms with Gasteiger partial charge in [0, 0.05) is 0 Å². The molecule has 0 spiro atoms. The number of hydrogen-bond donors (Lipinski definition) is 0. The van der Waals surface area contributed by atoms with Gasteiger partial charge in [-0.2, -0.15) is 0 Å². The van der Waals surface area contributed by atoms with Gasteiger partial charge in [-0.1, -0.05) is 12.1 Å². The molecule has 1 aromatic rings. The molecule has 0 heterocycles. The molecule has 0 aliphatic rings. The van der Waals surface area contributed by atoms with Gasteiger partial charge in [0.25, 0.3) is 6.43 Å². The SMILES string of the molecule is Cc1c#cc(C(F)F)cc1. The van der Waals surface area contributed by atoms with Crippen LogP contribution in [0, 0.1) is 19.1 Å². The second-order valence-electron chi connectivity index (χ2n) is 2.02. The lowest BCUT2D eigenvalue weighted by molar-refractivity contribution is 0.151. The van der Waals surface area contributed by atoms with Crippen LogP contribution in [-0.2, 0) is 0 Å². The van der Waals surface area contributed by atoms with Crippen LogP contribution in [0.25, 0.3) is 0 Å². The summed E-state index contributed by atoms with van der Waals surface area (Å²) in [6, 6.07) is 7.89. The second kappa shape index (κ2) is 2.66. The van der Waals surface area contributed by atoms with Crippen LogP contribution in [0.3, 0.4) is 0 Å². The third-order valence-electron chi connectivity index (χ3n) is 1.15. The third-order valence-corrected chi connectivity index (χ3v) is 1.15. The van der Waals surface area contributed by atoms with Crippen molar-refractivity contribution in [1.82, 2.24) is 0 Å². The Morgan fingerprint density at radius 3 is 2.40 bits per heavy atom. The van der Waals surface area contributed by atoms with Crippen molar-refractivity contribution in [2.75, 3.05) is 0 Å². The molecule has 0 N–H and O–H groups in total. The Balaban J connectivity index is 2.89. The Morgan fingerprint density at radius 2 is 2.00 bits per heavy atom. The van der Waals surface area contributed by atoms with Gasteiger partial charge in [-0.25, -0.2) is 8.78 Å². The maximum absolute atomic E-state index is 11.8. The summed E-state index contributed by atoms with van der Waals surface area (Å²) in [4.78, 5) is 0. The van der Waals surface area contributed by atoms with Crippen molar-refractivity contribution < 1.29 is 8.78 Å². The van der Waals surface area contributed by atoms with E-state index in [1.807, 2.05) is 0 Å². The number of hydrogen-bond acceptors (Lipinski definition) is 0. The van der Waals surface area contributed by atoms with E-state index < -0.39 is 6.43 Å². The first-order valence-corrected chi connectivity index (χ1v) is 2.89. The van der Waals surface area contributed by atoms with E-state index in [2.05, 4.69) is 12.1 Å². The summed E-state index contributed by atoms with van der Waals surface area (Å²) >= 11 is 0. The summed E-state index contributed by atoms with van der Waals surface area (Å²) in [5.41, 5.74) is 0.731. The van der Waals surface area contributed by atoms with Crippen molar-refractivity contribution in [3.63, 3.8) is 0 Å². The highest BCUT2D eigenvalue weighted by Gasteiger charge is 2.03. The van der Waals surface area contributed by atoms with E-state index in [1.54, 1.807) is 13.0 Å². The van der Waals surface area contributed by atoms with Crippen LogP contribution in [0.2, 0.25) is 0 Å². The number of halogens is 2. The molecule has 0 bridgehead atoms. The highest BCUT2D eigenvalue weighted by Crippen LogP contribution is 2.15. The fourth-order valence-electron chi connectivity index (χ4n) is 0.596. The number of aryl methyl sites for hydroxylation is 1. The number of alkyl halides is 2. The summed E-state index contributed by atoms with van der Waals surface area (Å²) in [6.45, 7) is 1.78. The van der Waals surface area contributed by atoms with Crippen molar-refractivity contribution in [2.24, 2.45) is 0 Å². The molecule has 0 nitrogen and oxygen atoms in total. The standard InChI is InChI=1S/C8H6F2/c1-6-2-4-7(5-3-6)8(9)10/h2,4,8H,1H3. The molecule has 1 rings (SSSR count). The molecule has 0 atom stereocenters. The second-order valence-corrected chi connectivity index (χ2v) is 2.02. The van der Waals surface area contributed by atoms with Gasteiger partial charge in [-0.05, 0) is 24.6 Å². The molecular weight excluding hydrogens is 134 g/mol. The van der Waals surface area contributed by atoms with Crippen LogP contribution < -0.4 is 0 Å². The lowest BCUT2D eigenvalue weighted by Crippen LogP contribution is -1.80. The van der Waals surface area contributed by atoms with Crippen LogP contribution in [0.4, 0.5) is 8.78 Å². The Kier molecular flexibility index (Phi) is 1.86. The molecule has 2 heteroatoms. The Hall–Kier alpha value is -1.10. The normalized spacial score (nSPS) is 9.60. The maximum Gasteiger partial charge on any atom is 0.271 e. The highest BCUT2D eigenvalue weighted by atomic mass is 19.3. The first kappa shape index (κ1) is 7.01. The first-order valence-electron chi connectivity index (χ1n) is 2.89. The van der Waals surface area contributed by atoms with Gasteiger partial charge in [0.1, 0.15) is 0 Å². The van der Waals surface area contributed by atoms with Gasteiger partial charge in [0.15, 0.2) is 0 Å². The smallest absolute Gasteiger partial charge is 0.204 e. The minimum Gasteiger partial charge on any atom is -0.204 e. The molecule has 0 saturated heterocycles. The molecule has 1 aromatic carbocycles. The Bertz CT molecular complexity index is 201. The zero-order valence-corrected chi connectivity index (χ0v) is 5.49. The molecule has 10 heavy (non-hydrogen) atoms. The van der Waals surface area contributed by atoms with E-state index in [0.717, 1.165) is 5.56 Å². The average Bonchev–Trinajstić information content (AvgIpc) is 1.88. The van der Waals surface area contributed by atoms with E-state index in [0.29, 0.717) is 0 Å². The largest absolute Gasteiger partial charge is 0.271 e. The van der Waals surface area contributed by atoms with Gasteiger partial charge in [0.2, 0.25) is 0 Å². The van der Waals surface area contributed by atoms with E-state index in [-0.39, 0.29) is 5.56 Å². The van der Waals surface area contributed by atoms with E-state index in [9.17, 15) is 8.78 Å². The van der Waals surface area contributed by atoms with Crippen molar-refractivity contribution >= 4 is 0 Å². The lowest BCUT2D eigenvalue weighted by atomic mass is 10.2. The van der Waals surface area contributed by atoms with Crippen LogP contribution >= 0.6 is 0 Å². The quantitative estimate of drug-likeness (QED) is 0.562. The lowest BCUT2D eigenvalue weighted by Gasteiger charge is -1.92. The zero-order valence-electron chi connectivity index (χ0n) is 5.49. The number of rotatable bonds is 1. The summed E-state index contributed by atoms with van der Waals surface area (Å²) < 4.78 is 23.7. The molecule has 0 aliphatic carbocycles. The van der Waals surface area contributed by atoms with Crippen molar-refractivity contribution in [3.05, 3.63) is 35.4 Å². The summed E-state index contributed by atoms with van der Waals surface area (Å²) in [5.74, 6) is 0. The van der Waals surface area contributed by atoms with Gasteiger partial charge < -0.3 is 0 Å². The zero-order chi connectivity index (χ0) is 7.56. The van der Waals surface area contributed by atoms with Crippen LogP contribution in [0.15, 0.2) is 12.1 Å². The molecular formula is C8H6F2. The fraction of sp³-hybridized carbons (Fsp3) is 0.250. The van der Waals surface area contributed by atoms with E-state index >= 15 is 0 Å². The molecule has 0 radical (unpaired) electrons. The molecule has 0 aliphatic heterocycles. The van der Waals surface area contributed by atoms with Crippen LogP contribution in [-0.4, -0.2) is 0 Å². The fourth-order valence-corrected chi connectivity index (χ4v) is 0.596. The first-order chi connectivity index (χ1) is 4.70. The molecule has 0 aromatic heterocycles. The summed E-state index contributed by atoms with van der Waals surface area (Å²) in [6.07, 6.45) is -2.43. The van der Waals surface area contributed by atoms with Crippen LogP contribution in [0.1, 0.15) is 17.6 Å². The average molecular weight is 140 g/mol. The predicted octanol–water partition coefficient (Wildman–Crippen LogP) is 2.53. The van der Waals surface area contributed by atoms with Crippen molar-refractivity contribution in [1.29, 1.82) is 0 Å². The molecule has 0 saturated carbocycles. The minimum absolute atomic E-state index is 0.0920. The molecule has 0 amide bonds. The topological polar surface area (TPSA) is 0 Å². The van der Waals surface area contributed by atoms with Gasteiger partial charge in [0.05, 0.1) is 5.56 Å². The Morgan fingerprint density at radius 1 is 1.30 bits per heavy atom. The summed E-state index contributed by atoms with van der Waals surface area (Å²) in [7, 11) is 0. The monoisotopic (exact) mass is 140 g/mol. The third kappa shape index (κ3) is 1.44. The van der Waals surface area contributed by atoms with Crippen molar-refractivity contribution in [3.8, 4) is 0 Å². The van der Waals surface area contributed by atoms with Gasteiger partial charge >= 0.3 is 0 Å². The van der Waals surface area contributed by atoms with E-state index in [1.165, 1.54) is 6.07 Å².